The zero-order valence-corrected chi connectivity index (χ0v) is 8.86. The fourth-order valence-corrected chi connectivity index (χ4v) is 0.734. The highest BCUT2D eigenvalue weighted by Crippen LogP contribution is 2.10. The molecule has 82 valence electrons. The van der Waals surface area contributed by atoms with Crippen LogP contribution in [0.1, 0.15) is 17.3 Å². The zero-order chi connectivity index (χ0) is 11.8. The van der Waals surface area contributed by atoms with Crippen LogP contribution in [-0.4, -0.2) is 18.2 Å². The Kier molecular flexibility index (Phi) is 5.63. The summed E-state index contributed by atoms with van der Waals surface area (Å²) in [6.07, 6.45) is 0. The number of carboxylic acid groups (broad SMARTS) is 1. The van der Waals surface area contributed by atoms with Crippen molar-refractivity contribution in [3.05, 3.63) is 42.1 Å². The fraction of sp³-hybridized carbons (Fsp3) is 0.182. The molecule has 1 aromatic carbocycles. The number of hydrogen-bond donors (Lipinski definition) is 2. The van der Waals surface area contributed by atoms with Crippen LogP contribution in [0.3, 0.4) is 0 Å². The van der Waals surface area contributed by atoms with Crippen LogP contribution >= 0.6 is 0 Å². The third kappa shape index (κ3) is 6.15. The summed E-state index contributed by atoms with van der Waals surface area (Å²) in [5.41, 5.74) is 5.85. The number of rotatable bonds is 2. The van der Waals surface area contributed by atoms with Gasteiger partial charge in [0.15, 0.2) is 0 Å². The molecule has 0 bridgehead atoms. The lowest BCUT2D eigenvalue weighted by Crippen LogP contribution is -1.95. The Bertz CT molecular complexity index is 326. The molecule has 0 saturated carbocycles. The number of ether oxygens (including phenoxy) is 1. The fourth-order valence-electron chi connectivity index (χ4n) is 0.734. The van der Waals surface area contributed by atoms with Crippen LogP contribution in [0.5, 0.6) is 5.75 Å². The first-order valence-corrected chi connectivity index (χ1v) is 4.25. The number of hydrogen-bond acceptors (Lipinski definition) is 3. The number of aromatic carboxylic acids is 1. The summed E-state index contributed by atoms with van der Waals surface area (Å²) in [5.74, 6) is -0.261. The van der Waals surface area contributed by atoms with Crippen LogP contribution in [0.15, 0.2) is 36.5 Å². The van der Waals surface area contributed by atoms with Crippen LogP contribution in [0.2, 0.25) is 0 Å². The molecule has 4 heteroatoms. The summed E-state index contributed by atoms with van der Waals surface area (Å²) in [4.78, 5) is 10.4. The SMILES string of the molecule is C=C(C)N.COc1ccc(C(=O)O)cc1. The number of carbonyl (C=O) groups is 1. The molecule has 15 heavy (non-hydrogen) atoms. The molecule has 0 saturated heterocycles. The Morgan fingerprint density at radius 1 is 1.40 bits per heavy atom. The van der Waals surface area contributed by atoms with E-state index in [4.69, 9.17) is 15.6 Å². The van der Waals surface area contributed by atoms with Crippen molar-refractivity contribution in [1.82, 2.24) is 0 Å². The molecular formula is C11H15NO3. The van der Waals surface area contributed by atoms with E-state index in [1.54, 1.807) is 19.1 Å². The molecule has 1 rings (SSSR count). The summed E-state index contributed by atoms with van der Waals surface area (Å²) in [6.45, 7) is 5.08. The smallest absolute Gasteiger partial charge is 0.335 e. The molecule has 0 radical (unpaired) electrons. The van der Waals surface area contributed by atoms with E-state index in [-0.39, 0.29) is 5.56 Å². The van der Waals surface area contributed by atoms with Crippen LogP contribution in [0.25, 0.3) is 0 Å². The molecule has 3 N–H and O–H groups in total. The van der Waals surface area contributed by atoms with Crippen LogP contribution < -0.4 is 10.5 Å². The topological polar surface area (TPSA) is 72.5 Å². The summed E-state index contributed by atoms with van der Waals surface area (Å²) in [5, 5.41) is 8.51. The van der Waals surface area contributed by atoms with Gasteiger partial charge in [0.2, 0.25) is 0 Å². The van der Waals surface area contributed by atoms with Gasteiger partial charge in [-0.2, -0.15) is 0 Å². The normalized spacial score (nSPS) is 8.40. The van der Waals surface area contributed by atoms with Gasteiger partial charge < -0.3 is 15.6 Å². The molecule has 0 spiro atoms. The maximum Gasteiger partial charge on any atom is 0.335 e. The lowest BCUT2D eigenvalue weighted by atomic mass is 10.2. The number of nitrogens with two attached hydrogens (primary N) is 1. The first-order chi connectivity index (χ1) is 6.97. The summed E-state index contributed by atoms with van der Waals surface area (Å²) in [7, 11) is 1.54. The zero-order valence-electron chi connectivity index (χ0n) is 8.86. The van der Waals surface area contributed by atoms with E-state index in [0.717, 1.165) is 0 Å². The molecular weight excluding hydrogens is 194 g/mol. The van der Waals surface area contributed by atoms with Gasteiger partial charge >= 0.3 is 5.97 Å². The Labute approximate surface area is 89.0 Å². The van der Waals surface area contributed by atoms with E-state index in [1.165, 1.54) is 19.2 Å². The van der Waals surface area contributed by atoms with Gasteiger partial charge in [-0.25, -0.2) is 4.79 Å². The molecule has 0 aliphatic rings. The van der Waals surface area contributed by atoms with Gasteiger partial charge in [0.05, 0.1) is 12.7 Å². The Hall–Kier alpha value is -1.97. The predicted molar refractivity (Wildman–Crippen MR) is 59.0 cm³/mol. The highest BCUT2D eigenvalue weighted by atomic mass is 16.5. The van der Waals surface area contributed by atoms with Gasteiger partial charge in [0, 0.05) is 0 Å². The van der Waals surface area contributed by atoms with Gasteiger partial charge in [-0.05, 0) is 36.9 Å². The second kappa shape index (κ2) is 6.48. The molecule has 0 aliphatic heterocycles. The van der Waals surface area contributed by atoms with Crippen molar-refractivity contribution in [1.29, 1.82) is 0 Å². The van der Waals surface area contributed by atoms with E-state index in [0.29, 0.717) is 11.4 Å². The third-order valence-corrected chi connectivity index (χ3v) is 1.34. The Morgan fingerprint density at radius 3 is 2.07 bits per heavy atom. The van der Waals surface area contributed by atoms with Crippen molar-refractivity contribution < 1.29 is 14.6 Å². The molecule has 0 atom stereocenters. The van der Waals surface area contributed by atoms with Gasteiger partial charge in [0.1, 0.15) is 5.75 Å². The highest BCUT2D eigenvalue weighted by molar-refractivity contribution is 5.87. The van der Waals surface area contributed by atoms with Crippen molar-refractivity contribution in [2.75, 3.05) is 7.11 Å². The molecule has 0 unspecified atom stereocenters. The van der Waals surface area contributed by atoms with Crippen LogP contribution in [-0.2, 0) is 0 Å². The van der Waals surface area contributed by atoms with E-state index in [2.05, 4.69) is 6.58 Å². The minimum absolute atomic E-state index is 0.269. The predicted octanol–water partition coefficient (Wildman–Crippen LogP) is 1.87. The summed E-state index contributed by atoms with van der Waals surface area (Å²) in [6, 6.07) is 6.23. The van der Waals surface area contributed by atoms with Crippen LogP contribution in [0.4, 0.5) is 0 Å². The molecule has 0 aliphatic carbocycles. The van der Waals surface area contributed by atoms with Crippen molar-refractivity contribution in [2.24, 2.45) is 5.73 Å². The molecule has 4 nitrogen and oxygen atoms in total. The third-order valence-electron chi connectivity index (χ3n) is 1.34. The number of benzene rings is 1. The quantitative estimate of drug-likeness (QED) is 0.779. The monoisotopic (exact) mass is 209 g/mol. The maximum atomic E-state index is 10.4. The van der Waals surface area contributed by atoms with Gasteiger partial charge in [-0.1, -0.05) is 6.58 Å². The standard InChI is InChI=1S/C8H8O3.C3H7N/c1-11-7-4-2-6(3-5-7)8(9)10;1-3(2)4/h2-5H,1H3,(H,9,10);1,4H2,2H3. The average Bonchev–Trinajstić information content (AvgIpc) is 2.17. The Balaban J connectivity index is 0.000000423. The number of methoxy groups -OCH3 is 1. The summed E-state index contributed by atoms with van der Waals surface area (Å²) >= 11 is 0. The van der Waals surface area contributed by atoms with E-state index in [9.17, 15) is 4.79 Å². The molecule has 1 aromatic rings. The minimum Gasteiger partial charge on any atom is -0.497 e. The number of carboxylic acids is 1. The second-order valence-electron chi connectivity index (χ2n) is 2.88. The number of allylic oxidation sites excluding steroid dienone is 1. The van der Waals surface area contributed by atoms with E-state index < -0.39 is 5.97 Å². The first kappa shape index (κ1) is 13.0. The maximum absolute atomic E-state index is 10.4. The molecule has 0 amide bonds. The lowest BCUT2D eigenvalue weighted by Gasteiger charge is -1.98. The lowest BCUT2D eigenvalue weighted by molar-refractivity contribution is 0.0697. The minimum atomic E-state index is -0.923. The molecule has 0 heterocycles. The Morgan fingerprint density at radius 2 is 1.80 bits per heavy atom. The van der Waals surface area contributed by atoms with E-state index >= 15 is 0 Å². The van der Waals surface area contributed by atoms with E-state index in [1.807, 2.05) is 0 Å². The van der Waals surface area contributed by atoms with Crippen LogP contribution in [0, 0.1) is 0 Å². The van der Waals surface area contributed by atoms with Gasteiger partial charge in [0.25, 0.3) is 0 Å². The highest BCUT2D eigenvalue weighted by Gasteiger charge is 2.00. The van der Waals surface area contributed by atoms with Crippen molar-refractivity contribution in [2.45, 2.75) is 6.92 Å². The van der Waals surface area contributed by atoms with Crippen molar-refractivity contribution in [3.8, 4) is 5.75 Å². The average molecular weight is 209 g/mol. The second-order valence-corrected chi connectivity index (χ2v) is 2.88. The van der Waals surface area contributed by atoms with Gasteiger partial charge in [-0.15, -0.1) is 0 Å². The van der Waals surface area contributed by atoms with Crippen molar-refractivity contribution in [3.63, 3.8) is 0 Å². The first-order valence-electron chi connectivity index (χ1n) is 4.25. The van der Waals surface area contributed by atoms with Gasteiger partial charge in [-0.3, -0.25) is 0 Å². The largest absolute Gasteiger partial charge is 0.497 e. The summed E-state index contributed by atoms with van der Waals surface area (Å²) < 4.78 is 4.86. The molecule has 0 fully saturated rings. The molecule has 0 aromatic heterocycles. The van der Waals surface area contributed by atoms with Crippen molar-refractivity contribution >= 4 is 5.97 Å².